The molecule has 4 aromatic rings. The van der Waals surface area contributed by atoms with E-state index in [9.17, 15) is 4.79 Å². The van der Waals surface area contributed by atoms with Gasteiger partial charge in [0.05, 0.1) is 12.8 Å². The molecule has 4 nitrogen and oxygen atoms in total. The topological polar surface area (TPSA) is 46.3 Å². The maximum Gasteiger partial charge on any atom is 0.273 e. The molecular weight excluding hydrogens is 384 g/mol. The van der Waals surface area contributed by atoms with Crippen molar-refractivity contribution in [2.24, 2.45) is 0 Å². The van der Waals surface area contributed by atoms with Crippen LogP contribution >= 0.6 is 34.0 Å². The van der Waals surface area contributed by atoms with Gasteiger partial charge in [-0.05, 0) is 41.4 Å². The lowest BCUT2D eigenvalue weighted by molar-refractivity contribution is 0.0742. The molecule has 4 aromatic heterocycles. The van der Waals surface area contributed by atoms with Gasteiger partial charge in [-0.25, -0.2) is 4.98 Å². The summed E-state index contributed by atoms with van der Waals surface area (Å²) < 4.78 is 5.38. The zero-order valence-corrected chi connectivity index (χ0v) is 16.3. The lowest BCUT2D eigenvalue weighted by atomic mass is 10.3. The summed E-state index contributed by atoms with van der Waals surface area (Å²) in [6.45, 7) is 1.28. The number of hydrogen-bond donors (Lipinski definition) is 0. The van der Waals surface area contributed by atoms with Crippen LogP contribution in [0.1, 0.15) is 20.2 Å². The van der Waals surface area contributed by atoms with Gasteiger partial charge in [-0.15, -0.1) is 34.0 Å². The number of furan rings is 1. The van der Waals surface area contributed by atoms with Crippen LogP contribution in [0.4, 0.5) is 0 Å². The molecule has 0 aliphatic rings. The van der Waals surface area contributed by atoms with Crippen molar-refractivity contribution in [1.82, 2.24) is 9.88 Å². The number of aromatic nitrogens is 1. The van der Waals surface area contributed by atoms with E-state index in [-0.39, 0.29) is 5.91 Å². The van der Waals surface area contributed by atoms with Gasteiger partial charge in [-0.3, -0.25) is 4.79 Å². The zero-order valence-electron chi connectivity index (χ0n) is 13.8. The lowest BCUT2D eigenvalue weighted by Gasteiger charge is -2.21. The quantitative estimate of drug-likeness (QED) is 0.417. The van der Waals surface area contributed by atoms with Crippen LogP contribution in [0.15, 0.2) is 63.2 Å². The molecule has 4 rings (SSSR count). The monoisotopic (exact) mass is 400 g/mol. The Morgan fingerprint density at radius 3 is 2.54 bits per heavy atom. The zero-order chi connectivity index (χ0) is 17.8. The maximum absolute atomic E-state index is 13.1. The fourth-order valence-electron chi connectivity index (χ4n) is 2.59. The van der Waals surface area contributed by atoms with Crippen LogP contribution < -0.4 is 0 Å². The SMILES string of the molecule is O=C(c1csc(-c2ccco2)n1)N(CCc1cccs1)Cc1cccs1. The van der Waals surface area contributed by atoms with Gasteiger partial charge in [-0.2, -0.15) is 0 Å². The number of thiazole rings is 1. The highest BCUT2D eigenvalue weighted by Gasteiger charge is 2.20. The van der Waals surface area contributed by atoms with Crippen LogP contribution in [0.2, 0.25) is 0 Å². The first-order chi connectivity index (χ1) is 12.8. The number of hydrogen-bond acceptors (Lipinski definition) is 6. The molecule has 0 spiro atoms. The molecule has 0 bridgehead atoms. The van der Waals surface area contributed by atoms with E-state index in [0.29, 0.717) is 24.5 Å². The van der Waals surface area contributed by atoms with Crippen LogP contribution in [-0.4, -0.2) is 22.3 Å². The average molecular weight is 401 g/mol. The number of thiophene rings is 2. The van der Waals surface area contributed by atoms with Crippen LogP contribution in [0.3, 0.4) is 0 Å². The first kappa shape index (κ1) is 17.2. The second-order valence-electron chi connectivity index (χ2n) is 5.65. The minimum Gasteiger partial charge on any atom is -0.462 e. The van der Waals surface area contributed by atoms with Crippen molar-refractivity contribution < 1.29 is 9.21 Å². The number of carbonyl (C=O) groups is 1. The molecule has 0 N–H and O–H groups in total. The number of carbonyl (C=O) groups excluding carboxylic acids is 1. The summed E-state index contributed by atoms with van der Waals surface area (Å²) >= 11 is 4.82. The predicted molar refractivity (Wildman–Crippen MR) is 107 cm³/mol. The largest absolute Gasteiger partial charge is 0.462 e. The Morgan fingerprint density at radius 1 is 1.04 bits per heavy atom. The fourth-order valence-corrected chi connectivity index (χ4v) is 4.77. The number of nitrogens with zero attached hydrogens (tertiary/aromatic N) is 2. The molecule has 0 saturated heterocycles. The van der Waals surface area contributed by atoms with Crippen molar-refractivity contribution in [2.75, 3.05) is 6.54 Å². The molecule has 0 aliphatic carbocycles. The Bertz CT molecular complexity index is 941. The van der Waals surface area contributed by atoms with Gasteiger partial charge in [0, 0.05) is 21.7 Å². The van der Waals surface area contributed by atoms with E-state index < -0.39 is 0 Å². The number of rotatable bonds is 7. The Morgan fingerprint density at radius 2 is 1.85 bits per heavy atom. The van der Waals surface area contributed by atoms with Crippen molar-refractivity contribution in [2.45, 2.75) is 13.0 Å². The van der Waals surface area contributed by atoms with Gasteiger partial charge >= 0.3 is 0 Å². The standard InChI is InChI=1S/C19H16N2O2S3/c22-19(16-13-26-18(20-16)17-6-1-9-23-17)21(12-15-5-3-11-25-15)8-7-14-4-2-10-24-14/h1-6,9-11,13H,7-8,12H2. The van der Waals surface area contributed by atoms with Crippen LogP contribution in [0, 0.1) is 0 Å². The van der Waals surface area contributed by atoms with Crippen molar-refractivity contribution in [3.63, 3.8) is 0 Å². The average Bonchev–Trinajstić information content (AvgIpc) is 3.45. The molecule has 0 radical (unpaired) electrons. The second-order valence-corrected chi connectivity index (χ2v) is 8.57. The van der Waals surface area contributed by atoms with E-state index >= 15 is 0 Å². The number of amides is 1. The van der Waals surface area contributed by atoms with E-state index in [1.54, 1.807) is 28.9 Å². The fraction of sp³-hybridized carbons (Fsp3) is 0.158. The highest BCUT2D eigenvalue weighted by Crippen LogP contribution is 2.25. The van der Waals surface area contributed by atoms with E-state index in [0.717, 1.165) is 11.4 Å². The first-order valence-corrected chi connectivity index (χ1v) is 10.8. The summed E-state index contributed by atoms with van der Waals surface area (Å²) in [7, 11) is 0. The van der Waals surface area contributed by atoms with E-state index in [4.69, 9.17) is 4.42 Å². The summed E-state index contributed by atoms with van der Waals surface area (Å²) in [5.41, 5.74) is 0.476. The Balaban J connectivity index is 1.52. The molecule has 0 aromatic carbocycles. The Kier molecular flexibility index (Phi) is 5.29. The molecule has 7 heteroatoms. The molecular formula is C19H16N2O2S3. The highest BCUT2D eigenvalue weighted by molar-refractivity contribution is 7.13. The second kappa shape index (κ2) is 7.99. The molecule has 26 heavy (non-hydrogen) atoms. The van der Waals surface area contributed by atoms with Gasteiger partial charge in [0.15, 0.2) is 10.8 Å². The summed E-state index contributed by atoms with van der Waals surface area (Å²) in [6.07, 6.45) is 2.46. The third-order valence-corrected chi connectivity index (χ3v) is 6.53. The van der Waals surface area contributed by atoms with Crippen LogP contribution in [0.25, 0.3) is 10.8 Å². The summed E-state index contributed by atoms with van der Waals surface area (Å²) in [6, 6.07) is 11.9. The summed E-state index contributed by atoms with van der Waals surface area (Å²) in [5, 5.41) is 6.64. The van der Waals surface area contributed by atoms with Gasteiger partial charge in [0.2, 0.25) is 0 Å². The van der Waals surface area contributed by atoms with E-state index in [1.165, 1.54) is 21.1 Å². The third kappa shape index (κ3) is 3.95. The van der Waals surface area contributed by atoms with Crippen molar-refractivity contribution >= 4 is 39.9 Å². The molecule has 0 saturated carbocycles. The molecule has 0 aliphatic heterocycles. The molecule has 1 amide bonds. The van der Waals surface area contributed by atoms with Crippen molar-refractivity contribution in [3.05, 3.63) is 74.2 Å². The van der Waals surface area contributed by atoms with Gasteiger partial charge < -0.3 is 9.32 Å². The Hall–Kier alpha value is -2.22. The highest BCUT2D eigenvalue weighted by atomic mass is 32.1. The van der Waals surface area contributed by atoms with Gasteiger partial charge in [-0.1, -0.05) is 12.1 Å². The minimum atomic E-state index is -0.0380. The lowest BCUT2D eigenvalue weighted by Crippen LogP contribution is -2.32. The van der Waals surface area contributed by atoms with Gasteiger partial charge in [0.1, 0.15) is 5.69 Å². The van der Waals surface area contributed by atoms with Crippen molar-refractivity contribution in [3.8, 4) is 10.8 Å². The predicted octanol–water partition coefficient (Wildman–Crippen LogP) is 5.41. The summed E-state index contributed by atoms with van der Waals surface area (Å²) in [4.78, 5) is 21.9. The molecule has 0 unspecified atom stereocenters. The summed E-state index contributed by atoms with van der Waals surface area (Å²) in [5.74, 6) is 0.654. The van der Waals surface area contributed by atoms with E-state index in [2.05, 4.69) is 22.5 Å². The molecule has 132 valence electrons. The van der Waals surface area contributed by atoms with Gasteiger partial charge in [0.25, 0.3) is 5.91 Å². The first-order valence-electron chi connectivity index (χ1n) is 8.13. The third-order valence-electron chi connectivity index (χ3n) is 3.88. The van der Waals surface area contributed by atoms with Crippen molar-refractivity contribution in [1.29, 1.82) is 0 Å². The van der Waals surface area contributed by atoms with Crippen LogP contribution in [0.5, 0.6) is 0 Å². The molecule has 0 atom stereocenters. The minimum absolute atomic E-state index is 0.0380. The molecule has 4 heterocycles. The molecule has 0 fully saturated rings. The normalized spacial score (nSPS) is 10.9. The smallest absolute Gasteiger partial charge is 0.273 e. The van der Waals surface area contributed by atoms with Crippen LogP contribution in [-0.2, 0) is 13.0 Å². The van der Waals surface area contributed by atoms with E-state index in [1.807, 2.05) is 39.9 Å². The Labute approximate surface area is 163 Å². The maximum atomic E-state index is 13.1.